The standard InChI is InChI=1S/C6H11FO/c1-5-2-6(3-7)8-4-5/h5-6H,2-4H2,1H3. The highest BCUT2D eigenvalue weighted by molar-refractivity contribution is 4.68. The van der Waals surface area contributed by atoms with E-state index in [2.05, 4.69) is 6.92 Å². The summed E-state index contributed by atoms with van der Waals surface area (Å²) in [6.07, 6.45) is 0.807. The third-order valence-corrected chi connectivity index (χ3v) is 1.45. The molecule has 8 heavy (non-hydrogen) atoms. The number of hydrogen-bond acceptors (Lipinski definition) is 1. The lowest BCUT2D eigenvalue weighted by molar-refractivity contribution is 0.0864. The van der Waals surface area contributed by atoms with Crippen LogP contribution in [0.2, 0.25) is 0 Å². The molecular weight excluding hydrogens is 107 g/mol. The minimum atomic E-state index is -0.315. The van der Waals surface area contributed by atoms with E-state index in [1.54, 1.807) is 0 Å². The van der Waals surface area contributed by atoms with Crippen molar-refractivity contribution >= 4 is 0 Å². The molecule has 2 atom stereocenters. The van der Waals surface area contributed by atoms with Gasteiger partial charge in [-0.25, -0.2) is 4.39 Å². The first kappa shape index (κ1) is 6.02. The quantitative estimate of drug-likeness (QED) is 0.505. The summed E-state index contributed by atoms with van der Waals surface area (Å²) in [5.41, 5.74) is 0. The smallest absolute Gasteiger partial charge is 0.116 e. The van der Waals surface area contributed by atoms with Crippen LogP contribution in [-0.4, -0.2) is 19.4 Å². The molecule has 0 N–H and O–H groups in total. The number of alkyl halides is 1. The summed E-state index contributed by atoms with van der Waals surface area (Å²) in [4.78, 5) is 0. The van der Waals surface area contributed by atoms with Crippen molar-refractivity contribution in [2.75, 3.05) is 13.3 Å². The molecule has 2 unspecified atom stereocenters. The van der Waals surface area contributed by atoms with Crippen molar-refractivity contribution in [1.82, 2.24) is 0 Å². The number of rotatable bonds is 1. The topological polar surface area (TPSA) is 9.23 Å². The average Bonchev–Trinajstić information content (AvgIpc) is 2.14. The maximum Gasteiger partial charge on any atom is 0.116 e. The third kappa shape index (κ3) is 1.19. The normalized spacial score (nSPS) is 38.2. The fourth-order valence-corrected chi connectivity index (χ4v) is 0.993. The second-order valence-electron chi connectivity index (χ2n) is 2.45. The second kappa shape index (κ2) is 2.44. The molecule has 1 nitrogen and oxygen atoms in total. The van der Waals surface area contributed by atoms with Gasteiger partial charge < -0.3 is 4.74 Å². The molecular formula is C6H11FO. The second-order valence-corrected chi connectivity index (χ2v) is 2.45. The van der Waals surface area contributed by atoms with Crippen LogP contribution in [0.15, 0.2) is 0 Å². The lowest BCUT2D eigenvalue weighted by Crippen LogP contribution is -2.06. The monoisotopic (exact) mass is 118 g/mol. The molecule has 1 aliphatic rings. The Morgan fingerprint density at radius 1 is 1.75 bits per heavy atom. The van der Waals surface area contributed by atoms with Gasteiger partial charge in [0.1, 0.15) is 6.67 Å². The SMILES string of the molecule is CC1COC(CF)C1. The maximum atomic E-state index is 11.7. The van der Waals surface area contributed by atoms with Crippen LogP contribution in [0.3, 0.4) is 0 Å². The molecule has 0 aromatic heterocycles. The van der Waals surface area contributed by atoms with Gasteiger partial charge in [-0.15, -0.1) is 0 Å². The number of halogens is 1. The molecule has 48 valence electrons. The van der Waals surface area contributed by atoms with Crippen LogP contribution in [0.4, 0.5) is 4.39 Å². The molecule has 1 aliphatic heterocycles. The van der Waals surface area contributed by atoms with E-state index in [1.165, 1.54) is 0 Å². The molecule has 2 heteroatoms. The summed E-state index contributed by atoms with van der Waals surface area (Å²) in [6.45, 7) is 2.51. The molecule has 1 heterocycles. The van der Waals surface area contributed by atoms with Crippen LogP contribution in [0.1, 0.15) is 13.3 Å². The lowest BCUT2D eigenvalue weighted by Gasteiger charge is -1.99. The van der Waals surface area contributed by atoms with E-state index in [0.29, 0.717) is 5.92 Å². The average molecular weight is 118 g/mol. The molecule has 0 radical (unpaired) electrons. The van der Waals surface area contributed by atoms with Crippen molar-refractivity contribution in [3.05, 3.63) is 0 Å². The Kier molecular flexibility index (Phi) is 1.84. The molecule has 1 saturated heterocycles. The van der Waals surface area contributed by atoms with Crippen molar-refractivity contribution in [3.63, 3.8) is 0 Å². The van der Waals surface area contributed by atoms with E-state index < -0.39 is 0 Å². The van der Waals surface area contributed by atoms with Gasteiger partial charge in [0.05, 0.1) is 6.10 Å². The van der Waals surface area contributed by atoms with Gasteiger partial charge in [-0.1, -0.05) is 6.92 Å². The molecule has 1 fully saturated rings. The van der Waals surface area contributed by atoms with E-state index in [0.717, 1.165) is 13.0 Å². The summed E-state index contributed by atoms with van der Waals surface area (Å²) < 4.78 is 16.8. The van der Waals surface area contributed by atoms with Gasteiger partial charge in [0, 0.05) is 6.61 Å². The molecule has 0 spiro atoms. The zero-order chi connectivity index (χ0) is 5.98. The van der Waals surface area contributed by atoms with Crippen molar-refractivity contribution in [2.45, 2.75) is 19.4 Å². The van der Waals surface area contributed by atoms with Gasteiger partial charge in [-0.2, -0.15) is 0 Å². The Morgan fingerprint density at radius 2 is 2.50 bits per heavy atom. The molecule has 0 aromatic carbocycles. The van der Waals surface area contributed by atoms with E-state index in [9.17, 15) is 4.39 Å². The summed E-state index contributed by atoms with van der Waals surface area (Å²) in [5.74, 6) is 0.566. The molecule has 0 bridgehead atoms. The summed E-state index contributed by atoms with van der Waals surface area (Å²) in [7, 11) is 0. The number of ether oxygens (including phenoxy) is 1. The molecule has 0 amide bonds. The van der Waals surface area contributed by atoms with E-state index >= 15 is 0 Å². The zero-order valence-corrected chi connectivity index (χ0v) is 5.06. The Balaban J connectivity index is 2.22. The van der Waals surface area contributed by atoms with E-state index in [1.807, 2.05) is 0 Å². The highest BCUT2D eigenvalue weighted by Gasteiger charge is 2.20. The predicted molar refractivity (Wildman–Crippen MR) is 29.5 cm³/mol. The summed E-state index contributed by atoms with van der Waals surface area (Å²) in [6, 6.07) is 0. The van der Waals surface area contributed by atoms with Crippen molar-refractivity contribution < 1.29 is 9.13 Å². The van der Waals surface area contributed by atoms with Crippen LogP contribution >= 0.6 is 0 Å². The van der Waals surface area contributed by atoms with Crippen molar-refractivity contribution in [3.8, 4) is 0 Å². The minimum Gasteiger partial charge on any atom is -0.375 e. The van der Waals surface area contributed by atoms with Gasteiger partial charge in [-0.3, -0.25) is 0 Å². The third-order valence-electron chi connectivity index (χ3n) is 1.45. The van der Waals surface area contributed by atoms with E-state index in [4.69, 9.17) is 4.74 Å². The van der Waals surface area contributed by atoms with Crippen LogP contribution in [0, 0.1) is 5.92 Å². The Labute approximate surface area is 48.8 Å². The Bertz CT molecular complexity index is 74.9. The number of hydrogen-bond donors (Lipinski definition) is 0. The van der Waals surface area contributed by atoms with Crippen LogP contribution in [0.5, 0.6) is 0 Å². The largest absolute Gasteiger partial charge is 0.375 e. The summed E-state index contributed by atoms with van der Waals surface area (Å²) >= 11 is 0. The molecule has 0 aromatic rings. The van der Waals surface area contributed by atoms with Gasteiger partial charge in [0.2, 0.25) is 0 Å². The first-order valence-corrected chi connectivity index (χ1v) is 3.00. The first-order valence-electron chi connectivity index (χ1n) is 3.00. The van der Waals surface area contributed by atoms with Crippen LogP contribution in [0.25, 0.3) is 0 Å². The first-order chi connectivity index (χ1) is 3.83. The Morgan fingerprint density at radius 3 is 2.75 bits per heavy atom. The Hall–Kier alpha value is -0.110. The predicted octanol–water partition coefficient (Wildman–Crippen LogP) is 1.38. The highest BCUT2D eigenvalue weighted by Crippen LogP contribution is 2.18. The van der Waals surface area contributed by atoms with Crippen molar-refractivity contribution in [1.29, 1.82) is 0 Å². The fraction of sp³-hybridized carbons (Fsp3) is 1.00. The minimum absolute atomic E-state index is 0.0926. The van der Waals surface area contributed by atoms with Crippen LogP contribution < -0.4 is 0 Å². The van der Waals surface area contributed by atoms with Crippen LogP contribution in [-0.2, 0) is 4.74 Å². The van der Waals surface area contributed by atoms with Crippen molar-refractivity contribution in [2.24, 2.45) is 5.92 Å². The fourth-order valence-electron chi connectivity index (χ4n) is 0.993. The van der Waals surface area contributed by atoms with Gasteiger partial charge in [-0.05, 0) is 12.3 Å². The summed E-state index contributed by atoms with van der Waals surface area (Å²) in [5, 5.41) is 0. The van der Waals surface area contributed by atoms with E-state index in [-0.39, 0.29) is 12.8 Å². The molecule has 1 rings (SSSR count). The molecule has 0 saturated carbocycles. The van der Waals surface area contributed by atoms with Gasteiger partial charge >= 0.3 is 0 Å². The molecule has 0 aliphatic carbocycles. The zero-order valence-electron chi connectivity index (χ0n) is 5.06. The van der Waals surface area contributed by atoms with Gasteiger partial charge in [0.25, 0.3) is 0 Å². The van der Waals surface area contributed by atoms with Gasteiger partial charge in [0.15, 0.2) is 0 Å². The highest BCUT2D eigenvalue weighted by atomic mass is 19.1. The lowest BCUT2D eigenvalue weighted by atomic mass is 10.1. The maximum absolute atomic E-state index is 11.7.